The Morgan fingerprint density at radius 2 is 2.25 bits per heavy atom. The van der Waals surface area contributed by atoms with Gasteiger partial charge in [-0.15, -0.1) is 5.10 Å². The highest BCUT2D eigenvalue weighted by Crippen LogP contribution is 2.18. The molecule has 0 bridgehead atoms. The van der Waals surface area contributed by atoms with Gasteiger partial charge >= 0.3 is 0 Å². The number of aryl methyl sites for hydroxylation is 1. The van der Waals surface area contributed by atoms with Crippen molar-refractivity contribution in [1.29, 1.82) is 0 Å². The van der Waals surface area contributed by atoms with Crippen LogP contribution < -0.4 is 5.32 Å². The van der Waals surface area contributed by atoms with E-state index in [2.05, 4.69) is 29.5 Å². The van der Waals surface area contributed by atoms with Crippen LogP contribution in [0.5, 0.6) is 0 Å². The molecule has 0 aliphatic heterocycles. The van der Waals surface area contributed by atoms with Crippen LogP contribution in [0, 0.1) is 5.41 Å². The average molecular weight is 226 g/mol. The second kappa shape index (κ2) is 5.96. The lowest BCUT2D eigenvalue weighted by atomic mass is 9.90. The van der Waals surface area contributed by atoms with Crippen molar-refractivity contribution in [3.63, 3.8) is 0 Å². The molecule has 0 fully saturated rings. The zero-order valence-corrected chi connectivity index (χ0v) is 10.7. The maximum Gasteiger partial charge on any atom is 0.0964 e. The molecule has 0 spiro atoms. The average Bonchev–Trinajstić information content (AvgIpc) is 2.61. The highest BCUT2D eigenvalue weighted by Gasteiger charge is 2.16. The maximum atomic E-state index is 5.09. The first-order valence-corrected chi connectivity index (χ1v) is 5.58. The minimum atomic E-state index is 0.248. The third-order valence-electron chi connectivity index (χ3n) is 2.54. The van der Waals surface area contributed by atoms with Gasteiger partial charge in [-0.3, -0.25) is 4.68 Å². The Balaban J connectivity index is 2.24. The fourth-order valence-corrected chi connectivity index (χ4v) is 1.47. The molecule has 1 aromatic heterocycles. The van der Waals surface area contributed by atoms with E-state index in [4.69, 9.17) is 4.74 Å². The molecule has 5 heteroatoms. The number of nitrogens with one attached hydrogen (secondary N) is 1. The molecular formula is C11H22N4O. The predicted octanol–water partition coefficient (Wildman–Crippen LogP) is 0.967. The van der Waals surface area contributed by atoms with E-state index in [0.717, 1.165) is 31.8 Å². The van der Waals surface area contributed by atoms with E-state index < -0.39 is 0 Å². The third-order valence-corrected chi connectivity index (χ3v) is 2.54. The van der Waals surface area contributed by atoms with Gasteiger partial charge in [0.25, 0.3) is 0 Å². The fourth-order valence-electron chi connectivity index (χ4n) is 1.47. The molecule has 1 N–H and O–H groups in total. The minimum absolute atomic E-state index is 0.248. The number of aromatic nitrogens is 3. The van der Waals surface area contributed by atoms with Crippen LogP contribution in [0.4, 0.5) is 0 Å². The largest absolute Gasteiger partial charge is 0.385 e. The van der Waals surface area contributed by atoms with Gasteiger partial charge in [-0.05, 0) is 11.8 Å². The quantitative estimate of drug-likeness (QED) is 0.752. The lowest BCUT2D eigenvalue weighted by molar-refractivity contribution is 0.150. The zero-order chi connectivity index (χ0) is 12.0. The molecule has 1 rings (SSSR count). The van der Waals surface area contributed by atoms with Crippen molar-refractivity contribution in [3.05, 3.63) is 11.9 Å². The first-order chi connectivity index (χ1) is 7.53. The minimum Gasteiger partial charge on any atom is -0.385 e. The maximum absolute atomic E-state index is 5.09. The normalized spacial score (nSPS) is 12.0. The first-order valence-electron chi connectivity index (χ1n) is 5.58. The van der Waals surface area contributed by atoms with Crippen LogP contribution in [-0.4, -0.2) is 35.3 Å². The van der Waals surface area contributed by atoms with Crippen LogP contribution >= 0.6 is 0 Å². The highest BCUT2D eigenvalue weighted by atomic mass is 16.5. The molecule has 1 heterocycles. The van der Waals surface area contributed by atoms with Crippen LogP contribution in [0.25, 0.3) is 0 Å². The molecule has 0 radical (unpaired) electrons. The Bertz CT molecular complexity index is 309. The smallest absolute Gasteiger partial charge is 0.0964 e. The predicted molar refractivity (Wildman–Crippen MR) is 63.0 cm³/mol. The molecule has 0 saturated carbocycles. The summed E-state index contributed by atoms with van der Waals surface area (Å²) in [5.41, 5.74) is 1.23. The first kappa shape index (κ1) is 13.1. The molecule has 0 atom stereocenters. The molecule has 92 valence electrons. The highest BCUT2D eigenvalue weighted by molar-refractivity contribution is 4.91. The lowest BCUT2D eigenvalue weighted by Crippen LogP contribution is -2.30. The van der Waals surface area contributed by atoms with Crippen LogP contribution in [0.1, 0.15) is 26.0 Å². The third kappa shape index (κ3) is 4.72. The van der Waals surface area contributed by atoms with Gasteiger partial charge in [-0.25, -0.2) is 0 Å². The molecule has 0 aromatic carbocycles. The van der Waals surface area contributed by atoms with Crippen LogP contribution in [-0.2, 0) is 18.3 Å². The summed E-state index contributed by atoms with van der Waals surface area (Å²) in [7, 11) is 3.61. The number of hydrogen-bond acceptors (Lipinski definition) is 4. The van der Waals surface area contributed by atoms with Crippen molar-refractivity contribution in [2.24, 2.45) is 12.5 Å². The van der Waals surface area contributed by atoms with Gasteiger partial charge in [-0.2, -0.15) is 0 Å². The fraction of sp³-hybridized carbons (Fsp3) is 0.818. The number of hydrogen-bond donors (Lipinski definition) is 1. The van der Waals surface area contributed by atoms with Crippen molar-refractivity contribution in [1.82, 2.24) is 20.3 Å². The molecule has 0 aliphatic carbocycles. The van der Waals surface area contributed by atoms with Gasteiger partial charge in [0.15, 0.2) is 0 Å². The topological polar surface area (TPSA) is 52.0 Å². The van der Waals surface area contributed by atoms with Crippen molar-refractivity contribution < 1.29 is 4.74 Å². The summed E-state index contributed by atoms with van der Waals surface area (Å²) in [4.78, 5) is 0. The summed E-state index contributed by atoms with van der Waals surface area (Å²) in [6.45, 7) is 6.99. The Morgan fingerprint density at radius 3 is 2.81 bits per heavy atom. The molecule has 16 heavy (non-hydrogen) atoms. The SMILES string of the molecule is COCCC(C)(C)CNCc1cn(C)nn1. The summed E-state index contributed by atoms with van der Waals surface area (Å²) in [5, 5.41) is 11.3. The molecule has 0 saturated heterocycles. The van der Waals surface area contributed by atoms with E-state index in [0.29, 0.717) is 0 Å². The van der Waals surface area contributed by atoms with Gasteiger partial charge in [0.2, 0.25) is 0 Å². The zero-order valence-electron chi connectivity index (χ0n) is 10.7. The Kier molecular flexibility index (Phi) is 4.89. The van der Waals surface area contributed by atoms with Gasteiger partial charge in [-0.1, -0.05) is 19.1 Å². The summed E-state index contributed by atoms with van der Waals surface area (Å²) in [6, 6.07) is 0. The van der Waals surface area contributed by atoms with Crippen LogP contribution in [0.2, 0.25) is 0 Å². The van der Waals surface area contributed by atoms with Crippen molar-refractivity contribution >= 4 is 0 Å². The summed E-state index contributed by atoms with van der Waals surface area (Å²) in [6.07, 6.45) is 2.98. The molecule has 0 aliphatic rings. The van der Waals surface area contributed by atoms with Gasteiger partial charge in [0.05, 0.1) is 5.69 Å². The van der Waals surface area contributed by atoms with Crippen molar-refractivity contribution in [2.75, 3.05) is 20.3 Å². The summed E-state index contributed by atoms with van der Waals surface area (Å²) >= 11 is 0. The van der Waals surface area contributed by atoms with E-state index in [1.807, 2.05) is 13.2 Å². The van der Waals surface area contributed by atoms with E-state index in [-0.39, 0.29) is 5.41 Å². The Hall–Kier alpha value is -0.940. The number of nitrogens with zero attached hydrogens (tertiary/aromatic N) is 3. The Morgan fingerprint density at radius 1 is 1.50 bits per heavy atom. The van der Waals surface area contributed by atoms with Crippen LogP contribution in [0.15, 0.2) is 6.20 Å². The van der Waals surface area contributed by atoms with Gasteiger partial charge in [0, 0.05) is 40.1 Å². The number of ether oxygens (including phenoxy) is 1. The molecule has 0 amide bonds. The second-order valence-electron chi connectivity index (χ2n) is 4.89. The number of methoxy groups -OCH3 is 1. The molecular weight excluding hydrogens is 204 g/mol. The summed E-state index contributed by atoms with van der Waals surface area (Å²) in [5.74, 6) is 0. The second-order valence-corrected chi connectivity index (χ2v) is 4.89. The van der Waals surface area contributed by atoms with E-state index in [1.54, 1.807) is 11.8 Å². The van der Waals surface area contributed by atoms with Crippen molar-refractivity contribution in [3.8, 4) is 0 Å². The molecule has 5 nitrogen and oxygen atoms in total. The van der Waals surface area contributed by atoms with E-state index >= 15 is 0 Å². The Labute approximate surface area is 97.2 Å². The van der Waals surface area contributed by atoms with Gasteiger partial charge < -0.3 is 10.1 Å². The lowest BCUT2D eigenvalue weighted by Gasteiger charge is -2.24. The van der Waals surface area contributed by atoms with Crippen LogP contribution in [0.3, 0.4) is 0 Å². The molecule has 1 aromatic rings. The monoisotopic (exact) mass is 226 g/mol. The molecule has 0 unspecified atom stereocenters. The summed E-state index contributed by atoms with van der Waals surface area (Å²) < 4.78 is 6.81. The number of rotatable bonds is 7. The van der Waals surface area contributed by atoms with E-state index in [1.165, 1.54) is 0 Å². The van der Waals surface area contributed by atoms with Crippen molar-refractivity contribution in [2.45, 2.75) is 26.8 Å². The van der Waals surface area contributed by atoms with E-state index in [9.17, 15) is 0 Å². The standard InChI is InChI=1S/C11H22N4O/c1-11(2,5-6-16-4)9-12-7-10-8-15(3)14-13-10/h8,12H,5-7,9H2,1-4H3. The van der Waals surface area contributed by atoms with Gasteiger partial charge in [0.1, 0.15) is 0 Å².